The maximum atomic E-state index is 11.6. The molecule has 1 amide bonds. The molecule has 96 valence electrons. The summed E-state index contributed by atoms with van der Waals surface area (Å²) in [6.07, 6.45) is 2.55. The number of likely N-dealkylation sites (N-methyl/N-ethyl adjacent to an activating group) is 1. The van der Waals surface area contributed by atoms with Crippen LogP contribution in [0.3, 0.4) is 0 Å². The van der Waals surface area contributed by atoms with Gasteiger partial charge in [-0.15, -0.1) is 0 Å². The van der Waals surface area contributed by atoms with Gasteiger partial charge in [0.25, 0.3) is 0 Å². The standard InChI is InChI=1S/C13H15NO4/c1-14(8-12(15)16)13(17)18-11-6-5-9-3-2-4-10(9)7-11/h5-7H,2-4,8H2,1H3,(H,15,16). The smallest absolute Gasteiger partial charge is 0.415 e. The average Bonchev–Trinajstić information content (AvgIpc) is 2.75. The van der Waals surface area contributed by atoms with Gasteiger partial charge in [0, 0.05) is 7.05 Å². The highest BCUT2D eigenvalue weighted by atomic mass is 16.6. The van der Waals surface area contributed by atoms with Crippen molar-refractivity contribution in [1.82, 2.24) is 4.90 Å². The van der Waals surface area contributed by atoms with Crippen LogP contribution in [0.25, 0.3) is 0 Å². The number of aliphatic carboxylic acids is 1. The third kappa shape index (κ3) is 2.80. The first-order valence-electron chi connectivity index (χ1n) is 5.83. The monoisotopic (exact) mass is 249 g/mol. The third-order valence-electron chi connectivity index (χ3n) is 2.96. The zero-order valence-electron chi connectivity index (χ0n) is 10.2. The Hall–Kier alpha value is -2.04. The van der Waals surface area contributed by atoms with Crippen LogP contribution in [0.5, 0.6) is 5.75 Å². The van der Waals surface area contributed by atoms with Gasteiger partial charge in [0.2, 0.25) is 0 Å². The molecule has 1 aliphatic carbocycles. The van der Waals surface area contributed by atoms with E-state index < -0.39 is 12.1 Å². The molecule has 0 aromatic heterocycles. The van der Waals surface area contributed by atoms with Gasteiger partial charge in [-0.1, -0.05) is 6.07 Å². The van der Waals surface area contributed by atoms with Crippen LogP contribution < -0.4 is 4.74 Å². The van der Waals surface area contributed by atoms with Gasteiger partial charge in [0.15, 0.2) is 0 Å². The summed E-state index contributed by atoms with van der Waals surface area (Å²) < 4.78 is 5.13. The Balaban J connectivity index is 2.01. The summed E-state index contributed by atoms with van der Waals surface area (Å²) in [5.41, 5.74) is 2.51. The predicted octanol–water partition coefficient (Wildman–Crippen LogP) is 1.69. The maximum Gasteiger partial charge on any atom is 0.415 e. The van der Waals surface area contributed by atoms with Gasteiger partial charge in [0.1, 0.15) is 12.3 Å². The quantitative estimate of drug-likeness (QED) is 0.885. The minimum absolute atomic E-state index is 0.371. The summed E-state index contributed by atoms with van der Waals surface area (Å²) in [6, 6.07) is 5.56. The first kappa shape index (κ1) is 12.4. The Bertz CT molecular complexity index is 484. The number of hydrogen-bond donors (Lipinski definition) is 1. The van der Waals surface area contributed by atoms with E-state index in [0.29, 0.717) is 5.75 Å². The van der Waals surface area contributed by atoms with Crippen molar-refractivity contribution in [3.63, 3.8) is 0 Å². The van der Waals surface area contributed by atoms with Crippen LogP contribution in [0.15, 0.2) is 18.2 Å². The van der Waals surface area contributed by atoms with Crippen molar-refractivity contribution in [2.24, 2.45) is 0 Å². The normalized spacial score (nSPS) is 12.9. The van der Waals surface area contributed by atoms with Crippen molar-refractivity contribution in [2.75, 3.05) is 13.6 Å². The van der Waals surface area contributed by atoms with Gasteiger partial charge >= 0.3 is 12.1 Å². The third-order valence-corrected chi connectivity index (χ3v) is 2.96. The van der Waals surface area contributed by atoms with Crippen LogP contribution in [0.4, 0.5) is 4.79 Å². The number of benzene rings is 1. The molecule has 1 N–H and O–H groups in total. The summed E-state index contributed by atoms with van der Waals surface area (Å²) in [5, 5.41) is 8.58. The molecular weight excluding hydrogens is 234 g/mol. The van der Waals surface area contributed by atoms with E-state index in [0.717, 1.165) is 24.2 Å². The molecule has 5 heteroatoms. The number of aryl methyl sites for hydroxylation is 2. The Labute approximate surface area is 105 Å². The minimum Gasteiger partial charge on any atom is -0.480 e. The summed E-state index contributed by atoms with van der Waals surface area (Å²) in [4.78, 5) is 23.1. The van der Waals surface area contributed by atoms with Crippen molar-refractivity contribution in [3.8, 4) is 5.75 Å². The van der Waals surface area contributed by atoms with E-state index in [2.05, 4.69) is 0 Å². The molecule has 0 unspecified atom stereocenters. The predicted molar refractivity (Wildman–Crippen MR) is 64.8 cm³/mol. The van der Waals surface area contributed by atoms with Crippen LogP contribution in [-0.4, -0.2) is 35.7 Å². The zero-order valence-corrected chi connectivity index (χ0v) is 10.2. The Morgan fingerprint density at radius 3 is 2.78 bits per heavy atom. The number of hydrogen-bond acceptors (Lipinski definition) is 3. The second-order valence-electron chi connectivity index (χ2n) is 4.40. The lowest BCUT2D eigenvalue weighted by molar-refractivity contribution is -0.137. The van der Waals surface area contributed by atoms with Crippen molar-refractivity contribution < 1.29 is 19.4 Å². The highest BCUT2D eigenvalue weighted by Crippen LogP contribution is 2.26. The summed E-state index contributed by atoms with van der Waals surface area (Å²) in [6.45, 7) is -0.371. The molecule has 0 atom stereocenters. The first-order chi connectivity index (χ1) is 8.56. The number of ether oxygens (including phenoxy) is 1. The van der Waals surface area contributed by atoms with Crippen LogP contribution in [-0.2, 0) is 17.6 Å². The number of carbonyl (C=O) groups excluding carboxylic acids is 1. The number of amides is 1. The van der Waals surface area contributed by atoms with Crippen molar-refractivity contribution in [2.45, 2.75) is 19.3 Å². The van der Waals surface area contributed by atoms with Crippen LogP contribution in [0.1, 0.15) is 17.5 Å². The zero-order chi connectivity index (χ0) is 13.1. The largest absolute Gasteiger partial charge is 0.480 e. The second kappa shape index (κ2) is 5.08. The number of carboxylic acid groups (broad SMARTS) is 1. The van der Waals surface area contributed by atoms with Crippen molar-refractivity contribution in [1.29, 1.82) is 0 Å². The highest BCUT2D eigenvalue weighted by molar-refractivity contribution is 5.77. The van der Waals surface area contributed by atoms with E-state index in [1.165, 1.54) is 18.2 Å². The molecule has 0 fully saturated rings. The van der Waals surface area contributed by atoms with E-state index in [9.17, 15) is 9.59 Å². The Morgan fingerprint density at radius 2 is 2.06 bits per heavy atom. The van der Waals surface area contributed by atoms with Gasteiger partial charge in [-0.2, -0.15) is 0 Å². The summed E-state index contributed by atoms with van der Waals surface area (Å²) in [7, 11) is 1.39. The highest BCUT2D eigenvalue weighted by Gasteiger charge is 2.16. The van der Waals surface area contributed by atoms with Crippen molar-refractivity contribution in [3.05, 3.63) is 29.3 Å². The number of fused-ring (bicyclic) bond motifs is 1. The van der Waals surface area contributed by atoms with E-state index in [1.54, 1.807) is 6.07 Å². The molecule has 1 aromatic rings. The minimum atomic E-state index is -1.07. The molecule has 1 aromatic carbocycles. The molecule has 5 nitrogen and oxygen atoms in total. The molecule has 2 rings (SSSR count). The molecule has 0 radical (unpaired) electrons. The summed E-state index contributed by atoms with van der Waals surface area (Å²) >= 11 is 0. The Morgan fingerprint density at radius 1 is 1.33 bits per heavy atom. The van der Waals surface area contributed by atoms with Gasteiger partial charge in [-0.05, 0) is 42.5 Å². The fourth-order valence-corrected chi connectivity index (χ4v) is 2.06. The van der Waals surface area contributed by atoms with Crippen molar-refractivity contribution >= 4 is 12.1 Å². The lowest BCUT2D eigenvalue weighted by Gasteiger charge is -2.14. The molecule has 0 spiro atoms. The fraction of sp³-hybridized carbons (Fsp3) is 0.385. The lowest BCUT2D eigenvalue weighted by Crippen LogP contribution is -2.34. The topological polar surface area (TPSA) is 66.8 Å². The molecule has 1 aliphatic rings. The first-order valence-corrected chi connectivity index (χ1v) is 5.83. The van der Waals surface area contributed by atoms with E-state index >= 15 is 0 Å². The van der Waals surface area contributed by atoms with E-state index in [4.69, 9.17) is 9.84 Å². The Kier molecular flexibility index (Phi) is 3.50. The molecule has 0 saturated carbocycles. The molecule has 18 heavy (non-hydrogen) atoms. The molecule has 0 heterocycles. The van der Waals surface area contributed by atoms with E-state index in [-0.39, 0.29) is 6.54 Å². The van der Waals surface area contributed by atoms with Gasteiger partial charge in [-0.25, -0.2) is 4.79 Å². The average molecular weight is 249 g/mol. The molecular formula is C13H15NO4. The second-order valence-corrected chi connectivity index (χ2v) is 4.40. The fourth-order valence-electron chi connectivity index (χ4n) is 2.06. The van der Waals surface area contributed by atoms with Gasteiger partial charge in [0.05, 0.1) is 0 Å². The number of carboxylic acids is 1. The molecule has 0 aliphatic heterocycles. The van der Waals surface area contributed by atoms with Crippen LogP contribution in [0.2, 0.25) is 0 Å². The molecule has 0 bridgehead atoms. The van der Waals surface area contributed by atoms with Crippen LogP contribution in [0, 0.1) is 0 Å². The number of carbonyl (C=O) groups is 2. The number of rotatable bonds is 3. The SMILES string of the molecule is CN(CC(=O)O)C(=O)Oc1ccc2c(c1)CCC2. The van der Waals surface area contributed by atoms with Gasteiger partial charge < -0.3 is 9.84 Å². The maximum absolute atomic E-state index is 11.6. The number of nitrogens with zero attached hydrogens (tertiary/aromatic N) is 1. The molecule has 0 saturated heterocycles. The van der Waals surface area contributed by atoms with Crippen LogP contribution >= 0.6 is 0 Å². The summed E-state index contributed by atoms with van der Waals surface area (Å²) in [5.74, 6) is -0.596. The van der Waals surface area contributed by atoms with Gasteiger partial charge in [-0.3, -0.25) is 9.69 Å². The lowest BCUT2D eigenvalue weighted by atomic mass is 10.1. The van der Waals surface area contributed by atoms with E-state index in [1.807, 2.05) is 12.1 Å².